The Hall–Kier alpha value is -0.300. The molecule has 0 aromatic heterocycles. The van der Waals surface area contributed by atoms with Gasteiger partial charge in [0.2, 0.25) is 0 Å². The number of aliphatic hydroxyl groups excluding tert-OH is 1. The van der Waals surface area contributed by atoms with Gasteiger partial charge in [0.1, 0.15) is 0 Å². The van der Waals surface area contributed by atoms with Gasteiger partial charge in [-0.05, 0) is 44.4 Å². The van der Waals surface area contributed by atoms with Crippen molar-refractivity contribution in [1.82, 2.24) is 0 Å². The largest absolute Gasteiger partial charge is 0.396 e. The molecule has 1 aliphatic carbocycles. The second kappa shape index (κ2) is 3.91. The Morgan fingerprint density at radius 3 is 2.27 bits per heavy atom. The number of rotatable bonds is 2. The van der Waals surface area contributed by atoms with Crippen LogP contribution in [-0.2, 0) is 0 Å². The lowest BCUT2D eigenvalue weighted by Gasteiger charge is -2.27. The fourth-order valence-electron chi connectivity index (χ4n) is 1.80. The molecule has 0 aromatic carbocycles. The number of hydrogen-bond acceptors (Lipinski definition) is 1. The molecule has 63 valence electrons. The predicted octanol–water partition coefficient (Wildman–Crippen LogP) is 2.16. The Morgan fingerprint density at radius 1 is 1.36 bits per heavy atom. The van der Waals surface area contributed by atoms with Crippen LogP contribution >= 0.6 is 0 Å². The van der Waals surface area contributed by atoms with Crippen LogP contribution < -0.4 is 0 Å². The van der Waals surface area contributed by atoms with Crippen LogP contribution in [0.15, 0.2) is 5.57 Å². The fraction of sp³-hybridized carbons (Fsp3) is 0.800. The van der Waals surface area contributed by atoms with Crippen LogP contribution in [0, 0.1) is 18.4 Å². The van der Waals surface area contributed by atoms with Gasteiger partial charge < -0.3 is 5.11 Å². The first-order valence-electron chi connectivity index (χ1n) is 4.43. The van der Waals surface area contributed by atoms with E-state index in [9.17, 15) is 0 Å². The number of hydrogen-bond donors (Lipinski definition) is 1. The van der Waals surface area contributed by atoms with Crippen molar-refractivity contribution in [2.45, 2.75) is 32.6 Å². The Morgan fingerprint density at radius 2 is 1.91 bits per heavy atom. The van der Waals surface area contributed by atoms with Crippen molar-refractivity contribution in [2.24, 2.45) is 11.8 Å². The van der Waals surface area contributed by atoms with Crippen molar-refractivity contribution in [3.63, 3.8) is 0 Å². The average molecular weight is 153 g/mol. The first-order chi connectivity index (χ1) is 5.24. The van der Waals surface area contributed by atoms with E-state index in [1.54, 1.807) is 0 Å². The minimum absolute atomic E-state index is 0.357. The molecule has 0 bridgehead atoms. The van der Waals surface area contributed by atoms with Crippen LogP contribution in [0.1, 0.15) is 32.6 Å². The Labute approximate surface area is 69.1 Å². The second-order valence-electron chi connectivity index (χ2n) is 3.64. The van der Waals surface area contributed by atoms with E-state index in [0.29, 0.717) is 18.4 Å². The predicted molar refractivity (Wildman–Crippen MR) is 46.0 cm³/mol. The third-order valence-electron chi connectivity index (χ3n) is 2.75. The minimum Gasteiger partial charge on any atom is -0.396 e. The third-order valence-corrected chi connectivity index (χ3v) is 2.75. The van der Waals surface area contributed by atoms with Gasteiger partial charge in [0, 0.05) is 6.61 Å². The zero-order valence-electron chi connectivity index (χ0n) is 7.21. The van der Waals surface area contributed by atoms with E-state index in [1.807, 2.05) is 6.92 Å². The Bertz CT molecular complexity index is 132. The molecule has 1 saturated carbocycles. The lowest BCUT2D eigenvalue weighted by molar-refractivity contribution is 0.175. The molecule has 0 saturated heterocycles. The molecule has 0 heterocycles. The normalized spacial score (nSPS) is 31.8. The summed E-state index contributed by atoms with van der Waals surface area (Å²) in [4.78, 5) is 0. The lowest BCUT2D eigenvalue weighted by Crippen LogP contribution is -2.17. The second-order valence-corrected chi connectivity index (χ2v) is 3.64. The molecule has 1 rings (SSSR count). The monoisotopic (exact) mass is 153 g/mol. The quantitative estimate of drug-likeness (QED) is 0.644. The molecule has 0 atom stereocenters. The summed E-state index contributed by atoms with van der Waals surface area (Å²) in [6.07, 6.45) is 4.65. The summed E-state index contributed by atoms with van der Waals surface area (Å²) in [5.41, 5.74) is 1.07. The molecule has 1 N–H and O–H groups in total. The van der Waals surface area contributed by atoms with Crippen LogP contribution in [-0.4, -0.2) is 11.7 Å². The van der Waals surface area contributed by atoms with Crippen LogP contribution in [0.25, 0.3) is 0 Å². The summed E-state index contributed by atoms with van der Waals surface area (Å²) < 4.78 is 0. The van der Waals surface area contributed by atoms with E-state index in [-0.39, 0.29) is 0 Å². The SMILES string of the molecule is [CH]=C(C)C1CCC(CO)CC1. The smallest absolute Gasteiger partial charge is 0.0459 e. The summed E-state index contributed by atoms with van der Waals surface area (Å²) in [7, 11) is 0. The van der Waals surface area contributed by atoms with Gasteiger partial charge in [0.15, 0.2) is 0 Å². The summed E-state index contributed by atoms with van der Waals surface area (Å²) in [5.74, 6) is 1.17. The maximum atomic E-state index is 8.88. The van der Waals surface area contributed by atoms with Crippen LogP contribution in [0.4, 0.5) is 0 Å². The summed E-state index contributed by atoms with van der Waals surface area (Å²) in [6.45, 7) is 8.07. The molecule has 0 amide bonds. The zero-order chi connectivity index (χ0) is 8.27. The standard InChI is InChI=1S/C10H17O/c1-8(2)10-5-3-9(7-11)4-6-10/h1,9-11H,3-7H2,2H3. The lowest BCUT2D eigenvalue weighted by atomic mass is 9.80. The number of allylic oxidation sites excluding steroid dienone is 1. The third kappa shape index (κ3) is 2.33. The molecule has 1 heteroatoms. The highest BCUT2D eigenvalue weighted by molar-refractivity contribution is 4.95. The Kier molecular flexibility index (Phi) is 3.13. The van der Waals surface area contributed by atoms with Gasteiger partial charge in [-0.2, -0.15) is 0 Å². The average Bonchev–Trinajstić information content (AvgIpc) is 2.05. The van der Waals surface area contributed by atoms with Gasteiger partial charge in [-0.1, -0.05) is 12.2 Å². The maximum Gasteiger partial charge on any atom is 0.0459 e. The molecule has 1 aliphatic rings. The van der Waals surface area contributed by atoms with Crippen molar-refractivity contribution in [1.29, 1.82) is 0 Å². The van der Waals surface area contributed by atoms with Crippen molar-refractivity contribution >= 4 is 0 Å². The topological polar surface area (TPSA) is 20.2 Å². The molecule has 0 aliphatic heterocycles. The van der Waals surface area contributed by atoms with Gasteiger partial charge >= 0.3 is 0 Å². The van der Waals surface area contributed by atoms with Crippen LogP contribution in [0.3, 0.4) is 0 Å². The number of aliphatic hydroxyl groups is 1. The van der Waals surface area contributed by atoms with Gasteiger partial charge in [0.25, 0.3) is 0 Å². The van der Waals surface area contributed by atoms with Gasteiger partial charge in [0.05, 0.1) is 0 Å². The van der Waals surface area contributed by atoms with E-state index in [2.05, 4.69) is 0 Å². The summed E-state index contributed by atoms with van der Waals surface area (Å²) in [6, 6.07) is 0. The van der Waals surface area contributed by atoms with E-state index in [4.69, 9.17) is 11.7 Å². The summed E-state index contributed by atoms with van der Waals surface area (Å²) >= 11 is 0. The molecule has 1 nitrogen and oxygen atoms in total. The van der Waals surface area contributed by atoms with E-state index >= 15 is 0 Å². The van der Waals surface area contributed by atoms with Crippen molar-refractivity contribution in [3.8, 4) is 0 Å². The summed E-state index contributed by atoms with van der Waals surface area (Å²) in [5, 5.41) is 8.88. The van der Waals surface area contributed by atoms with Gasteiger partial charge in [-0.25, -0.2) is 0 Å². The van der Waals surface area contributed by atoms with Gasteiger partial charge in [-0.3, -0.25) is 0 Å². The van der Waals surface area contributed by atoms with E-state index in [1.165, 1.54) is 12.8 Å². The van der Waals surface area contributed by atoms with Crippen molar-refractivity contribution in [3.05, 3.63) is 12.2 Å². The first kappa shape index (κ1) is 8.79. The van der Waals surface area contributed by atoms with E-state index < -0.39 is 0 Å². The van der Waals surface area contributed by atoms with Crippen molar-refractivity contribution < 1.29 is 5.11 Å². The molecule has 11 heavy (non-hydrogen) atoms. The molecule has 1 fully saturated rings. The van der Waals surface area contributed by atoms with Crippen LogP contribution in [0.2, 0.25) is 0 Å². The Balaban J connectivity index is 2.30. The van der Waals surface area contributed by atoms with Crippen molar-refractivity contribution in [2.75, 3.05) is 6.61 Å². The van der Waals surface area contributed by atoms with Gasteiger partial charge in [-0.15, -0.1) is 0 Å². The molecular formula is C10H17O. The molecule has 0 unspecified atom stereocenters. The highest BCUT2D eigenvalue weighted by atomic mass is 16.3. The highest BCUT2D eigenvalue weighted by Crippen LogP contribution is 2.31. The molecular weight excluding hydrogens is 136 g/mol. The minimum atomic E-state index is 0.357. The van der Waals surface area contributed by atoms with Crippen LogP contribution in [0.5, 0.6) is 0 Å². The molecule has 0 aromatic rings. The van der Waals surface area contributed by atoms with E-state index in [0.717, 1.165) is 18.4 Å². The fourth-order valence-corrected chi connectivity index (χ4v) is 1.80. The first-order valence-corrected chi connectivity index (χ1v) is 4.43. The highest BCUT2D eigenvalue weighted by Gasteiger charge is 2.20. The molecule has 0 spiro atoms. The molecule has 1 radical (unpaired) electrons. The maximum absolute atomic E-state index is 8.88. The zero-order valence-corrected chi connectivity index (χ0v) is 7.21.